The Morgan fingerprint density at radius 3 is 2.15 bits per heavy atom. The maximum Gasteiger partial charge on any atom is 0.141 e. The Morgan fingerprint density at radius 2 is 1.85 bits per heavy atom. The molecule has 0 aromatic heterocycles. The van der Waals surface area contributed by atoms with Gasteiger partial charge >= 0.3 is 0 Å². The number of likely N-dealkylation sites (tertiary alicyclic amines) is 1. The van der Waals surface area contributed by atoms with Crippen LogP contribution in [0.25, 0.3) is 0 Å². The zero-order valence-corrected chi connectivity index (χ0v) is 8.64. The molecular formula is C10H18FNO. The van der Waals surface area contributed by atoms with Crippen LogP contribution in [0.5, 0.6) is 0 Å². The van der Waals surface area contributed by atoms with Gasteiger partial charge in [0.25, 0.3) is 0 Å². The Labute approximate surface area is 79.1 Å². The molecule has 3 heteroatoms. The van der Waals surface area contributed by atoms with Gasteiger partial charge < -0.3 is 4.74 Å². The van der Waals surface area contributed by atoms with Crippen LogP contribution in [0.15, 0.2) is 0 Å². The number of rotatable bonds is 1. The van der Waals surface area contributed by atoms with E-state index in [-0.39, 0.29) is 5.41 Å². The fraction of sp³-hybridized carbons (Fsp3) is 1.00. The van der Waals surface area contributed by atoms with Crippen molar-refractivity contribution in [3.05, 3.63) is 0 Å². The molecule has 2 heterocycles. The minimum absolute atomic E-state index is 0.228. The number of nitrogens with zero attached hydrogens (tertiary/aromatic N) is 1. The van der Waals surface area contributed by atoms with Crippen molar-refractivity contribution in [2.45, 2.75) is 32.5 Å². The third kappa shape index (κ3) is 1.38. The minimum atomic E-state index is -0.984. The summed E-state index contributed by atoms with van der Waals surface area (Å²) in [6.45, 7) is 8.68. The first kappa shape index (κ1) is 9.41. The number of hydrogen-bond acceptors (Lipinski definition) is 2. The first-order valence-electron chi connectivity index (χ1n) is 4.93. The molecule has 2 rings (SSSR count). The third-order valence-electron chi connectivity index (χ3n) is 3.39. The molecule has 2 aliphatic heterocycles. The molecular weight excluding hydrogens is 169 g/mol. The van der Waals surface area contributed by atoms with Gasteiger partial charge in [0.2, 0.25) is 0 Å². The van der Waals surface area contributed by atoms with E-state index in [1.807, 2.05) is 20.8 Å². The average Bonchev–Trinajstić information content (AvgIpc) is 1.76. The molecule has 76 valence electrons. The quantitative estimate of drug-likeness (QED) is 0.616. The van der Waals surface area contributed by atoms with E-state index >= 15 is 0 Å². The molecule has 2 aliphatic rings. The van der Waals surface area contributed by atoms with Crippen LogP contribution in [-0.4, -0.2) is 42.9 Å². The van der Waals surface area contributed by atoms with Gasteiger partial charge in [0.15, 0.2) is 0 Å². The second-order valence-corrected chi connectivity index (χ2v) is 5.31. The summed E-state index contributed by atoms with van der Waals surface area (Å²) in [6.07, 6.45) is 0. The molecule has 0 atom stereocenters. The van der Waals surface area contributed by atoms with E-state index in [1.165, 1.54) is 0 Å². The Bertz CT molecular complexity index is 201. The van der Waals surface area contributed by atoms with Gasteiger partial charge in [0.05, 0.1) is 19.3 Å². The summed E-state index contributed by atoms with van der Waals surface area (Å²) in [7, 11) is 0. The number of ether oxygens (including phenoxy) is 1. The highest BCUT2D eigenvalue weighted by Crippen LogP contribution is 2.42. The van der Waals surface area contributed by atoms with Crippen LogP contribution in [-0.2, 0) is 4.74 Å². The Morgan fingerprint density at radius 1 is 1.31 bits per heavy atom. The molecule has 0 spiro atoms. The molecule has 0 amide bonds. The first-order valence-corrected chi connectivity index (χ1v) is 4.93. The summed E-state index contributed by atoms with van der Waals surface area (Å²) in [5, 5.41) is 0. The second kappa shape index (κ2) is 2.67. The van der Waals surface area contributed by atoms with Crippen molar-refractivity contribution in [3.8, 4) is 0 Å². The van der Waals surface area contributed by atoms with Crippen LogP contribution < -0.4 is 0 Å². The molecule has 0 aliphatic carbocycles. The van der Waals surface area contributed by atoms with Crippen molar-refractivity contribution in [1.82, 2.24) is 4.90 Å². The van der Waals surface area contributed by atoms with Gasteiger partial charge in [-0.15, -0.1) is 0 Å². The molecule has 13 heavy (non-hydrogen) atoms. The van der Waals surface area contributed by atoms with E-state index in [0.717, 1.165) is 13.2 Å². The molecule has 0 radical (unpaired) electrons. The van der Waals surface area contributed by atoms with E-state index in [0.29, 0.717) is 19.1 Å². The molecule has 2 saturated heterocycles. The van der Waals surface area contributed by atoms with Gasteiger partial charge in [-0.05, 0) is 5.41 Å². The van der Waals surface area contributed by atoms with Crippen LogP contribution in [0.2, 0.25) is 0 Å². The fourth-order valence-corrected chi connectivity index (χ4v) is 1.76. The summed E-state index contributed by atoms with van der Waals surface area (Å²) in [6, 6.07) is 0.492. The Kier molecular flexibility index (Phi) is 1.93. The van der Waals surface area contributed by atoms with Crippen molar-refractivity contribution in [2.24, 2.45) is 5.41 Å². The van der Waals surface area contributed by atoms with Gasteiger partial charge in [-0.2, -0.15) is 0 Å². The molecule has 2 nitrogen and oxygen atoms in total. The maximum atomic E-state index is 14.1. The lowest BCUT2D eigenvalue weighted by Gasteiger charge is -2.55. The molecule has 2 fully saturated rings. The molecule has 0 unspecified atom stereocenters. The van der Waals surface area contributed by atoms with Crippen LogP contribution in [0.4, 0.5) is 4.39 Å². The van der Waals surface area contributed by atoms with Crippen LogP contribution in [0.1, 0.15) is 20.8 Å². The second-order valence-electron chi connectivity index (χ2n) is 5.31. The van der Waals surface area contributed by atoms with Crippen molar-refractivity contribution in [1.29, 1.82) is 0 Å². The monoisotopic (exact) mass is 187 g/mol. The van der Waals surface area contributed by atoms with Gasteiger partial charge in [-0.25, -0.2) is 4.39 Å². The average molecular weight is 187 g/mol. The van der Waals surface area contributed by atoms with Crippen LogP contribution in [0, 0.1) is 5.41 Å². The molecule has 0 aromatic rings. The van der Waals surface area contributed by atoms with Crippen LogP contribution in [0.3, 0.4) is 0 Å². The van der Waals surface area contributed by atoms with Crippen molar-refractivity contribution in [3.63, 3.8) is 0 Å². The van der Waals surface area contributed by atoms with E-state index in [1.54, 1.807) is 0 Å². The first-order chi connectivity index (χ1) is 5.92. The van der Waals surface area contributed by atoms with Gasteiger partial charge in [-0.1, -0.05) is 20.8 Å². The van der Waals surface area contributed by atoms with E-state index in [4.69, 9.17) is 4.74 Å². The molecule has 0 saturated carbocycles. The SMILES string of the molecule is CC(C)(C)C1(F)CN(C2COC2)C1. The maximum absolute atomic E-state index is 14.1. The van der Waals surface area contributed by atoms with Crippen molar-refractivity contribution in [2.75, 3.05) is 26.3 Å². The summed E-state index contributed by atoms with van der Waals surface area (Å²) in [4.78, 5) is 2.19. The molecule has 0 N–H and O–H groups in total. The third-order valence-corrected chi connectivity index (χ3v) is 3.39. The zero-order chi connectivity index (χ0) is 9.69. The Hall–Kier alpha value is -0.150. The standard InChI is InChI=1S/C10H18FNO/c1-9(2,3)10(11)6-12(7-10)8-4-13-5-8/h8H,4-7H2,1-3H3. The molecule has 0 bridgehead atoms. The summed E-state index contributed by atoms with van der Waals surface area (Å²) >= 11 is 0. The summed E-state index contributed by atoms with van der Waals surface area (Å²) in [5.41, 5.74) is -1.21. The fourth-order valence-electron chi connectivity index (χ4n) is 1.76. The predicted octanol–water partition coefficient (Wildman–Crippen LogP) is 1.46. The van der Waals surface area contributed by atoms with E-state index in [9.17, 15) is 4.39 Å². The number of alkyl halides is 1. The lowest BCUT2D eigenvalue weighted by molar-refractivity contribution is -0.170. The summed E-state index contributed by atoms with van der Waals surface area (Å²) in [5.74, 6) is 0. The lowest BCUT2D eigenvalue weighted by atomic mass is 9.72. The zero-order valence-electron chi connectivity index (χ0n) is 8.64. The van der Waals surface area contributed by atoms with Crippen molar-refractivity contribution >= 4 is 0 Å². The topological polar surface area (TPSA) is 12.5 Å². The van der Waals surface area contributed by atoms with Crippen molar-refractivity contribution < 1.29 is 9.13 Å². The van der Waals surface area contributed by atoms with Gasteiger partial charge in [-0.3, -0.25) is 4.90 Å². The highest BCUT2D eigenvalue weighted by atomic mass is 19.1. The number of halogens is 1. The summed E-state index contributed by atoms with van der Waals surface area (Å²) < 4.78 is 19.2. The minimum Gasteiger partial charge on any atom is -0.378 e. The Balaban J connectivity index is 1.88. The lowest BCUT2D eigenvalue weighted by Crippen LogP contribution is -2.70. The normalized spacial score (nSPS) is 29.5. The van der Waals surface area contributed by atoms with Crippen LogP contribution >= 0.6 is 0 Å². The smallest absolute Gasteiger partial charge is 0.141 e. The highest BCUT2D eigenvalue weighted by molar-refractivity contribution is 5.06. The van der Waals surface area contributed by atoms with E-state index in [2.05, 4.69) is 4.90 Å². The highest BCUT2D eigenvalue weighted by Gasteiger charge is 2.54. The van der Waals surface area contributed by atoms with Gasteiger partial charge in [0, 0.05) is 13.1 Å². The molecule has 0 aromatic carbocycles. The van der Waals surface area contributed by atoms with Gasteiger partial charge in [0.1, 0.15) is 5.67 Å². The predicted molar refractivity (Wildman–Crippen MR) is 49.5 cm³/mol. The number of hydrogen-bond donors (Lipinski definition) is 0. The largest absolute Gasteiger partial charge is 0.378 e. The van der Waals surface area contributed by atoms with E-state index < -0.39 is 5.67 Å².